The van der Waals surface area contributed by atoms with Gasteiger partial charge in [-0.15, -0.1) is 0 Å². The highest BCUT2D eigenvalue weighted by molar-refractivity contribution is 5.81. The van der Waals surface area contributed by atoms with Gasteiger partial charge in [0.1, 0.15) is 0 Å². The van der Waals surface area contributed by atoms with E-state index in [1.807, 2.05) is 6.92 Å². The molecule has 1 aromatic rings. The van der Waals surface area contributed by atoms with Gasteiger partial charge in [-0.25, -0.2) is 0 Å². The molecule has 7 heteroatoms. The van der Waals surface area contributed by atoms with Crippen molar-refractivity contribution in [2.75, 3.05) is 24.1 Å². The number of carbonyl (C=O) groups excluding carboxylic acids is 1. The highest BCUT2D eigenvalue weighted by Gasteiger charge is 2.38. The van der Waals surface area contributed by atoms with Crippen molar-refractivity contribution < 1.29 is 18.0 Å². The molecule has 4 N–H and O–H groups in total. The molecule has 100 valence electrons. The Balaban J connectivity index is 2.36. The zero-order chi connectivity index (χ0) is 13.8. The van der Waals surface area contributed by atoms with Crippen LogP contribution in [-0.2, 0) is 4.79 Å². The van der Waals surface area contributed by atoms with Gasteiger partial charge in [-0.2, -0.15) is 13.2 Å². The SMILES string of the molecule is Cc1cc(N)ccc1NCCNC(=O)C(F)(F)F. The first-order chi connectivity index (χ1) is 8.30. The molecule has 0 aromatic heterocycles. The Morgan fingerprint density at radius 2 is 2.00 bits per heavy atom. The van der Waals surface area contributed by atoms with Crippen LogP contribution in [-0.4, -0.2) is 25.2 Å². The van der Waals surface area contributed by atoms with Crippen molar-refractivity contribution in [1.29, 1.82) is 0 Å². The average molecular weight is 261 g/mol. The zero-order valence-electron chi connectivity index (χ0n) is 9.77. The summed E-state index contributed by atoms with van der Waals surface area (Å²) in [6.07, 6.45) is -4.84. The number of hydrogen-bond acceptors (Lipinski definition) is 3. The molecule has 0 fully saturated rings. The Morgan fingerprint density at radius 1 is 1.33 bits per heavy atom. The number of hydrogen-bond donors (Lipinski definition) is 3. The van der Waals surface area contributed by atoms with E-state index in [9.17, 15) is 18.0 Å². The summed E-state index contributed by atoms with van der Waals surface area (Å²) in [5, 5.41) is 4.68. The van der Waals surface area contributed by atoms with Crippen molar-refractivity contribution in [3.63, 3.8) is 0 Å². The van der Waals surface area contributed by atoms with Gasteiger partial charge in [0.25, 0.3) is 0 Å². The normalized spacial score (nSPS) is 11.1. The second-order valence-electron chi connectivity index (χ2n) is 3.75. The summed E-state index contributed by atoms with van der Waals surface area (Å²) < 4.78 is 35.6. The summed E-state index contributed by atoms with van der Waals surface area (Å²) in [7, 11) is 0. The molecule has 1 rings (SSSR count). The van der Waals surface area contributed by atoms with Crippen LogP contribution >= 0.6 is 0 Å². The summed E-state index contributed by atoms with van der Waals surface area (Å²) >= 11 is 0. The lowest BCUT2D eigenvalue weighted by Crippen LogP contribution is -2.39. The lowest BCUT2D eigenvalue weighted by atomic mass is 10.2. The fourth-order valence-corrected chi connectivity index (χ4v) is 1.36. The van der Waals surface area contributed by atoms with Crippen LogP contribution in [0, 0.1) is 6.92 Å². The van der Waals surface area contributed by atoms with Crippen LogP contribution in [0.5, 0.6) is 0 Å². The monoisotopic (exact) mass is 261 g/mol. The Kier molecular flexibility index (Phi) is 4.41. The third kappa shape index (κ3) is 4.15. The van der Waals surface area contributed by atoms with E-state index in [2.05, 4.69) is 5.32 Å². The lowest BCUT2D eigenvalue weighted by molar-refractivity contribution is -0.173. The molecule has 0 radical (unpaired) electrons. The predicted octanol–water partition coefficient (Wildman–Crippen LogP) is 1.67. The second kappa shape index (κ2) is 5.61. The van der Waals surface area contributed by atoms with E-state index in [-0.39, 0.29) is 13.1 Å². The van der Waals surface area contributed by atoms with E-state index in [0.717, 1.165) is 11.3 Å². The summed E-state index contributed by atoms with van der Waals surface area (Å²) in [6, 6.07) is 5.16. The number of nitrogens with one attached hydrogen (secondary N) is 2. The maximum atomic E-state index is 11.9. The Bertz CT molecular complexity index is 432. The van der Waals surface area contributed by atoms with E-state index in [4.69, 9.17) is 5.73 Å². The minimum atomic E-state index is -4.84. The molecule has 0 saturated carbocycles. The molecule has 0 aliphatic heterocycles. The smallest absolute Gasteiger partial charge is 0.399 e. The predicted molar refractivity (Wildman–Crippen MR) is 63.1 cm³/mol. The fourth-order valence-electron chi connectivity index (χ4n) is 1.36. The number of anilines is 2. The van der Waals surface area contributed by atoms with Gasteiger partial charge in [-0.1, -0.05) is 0 Å². The van der Waals surface area contributed by atoms with Crippen molar-refractivity contribution in [3.05, 3.63) is 23.8 Å². The van der Waals surface area contributed by atoms with Gasteiger partial charge in [0, 0.05) is 24.5 Å². The van der Waals surface area contributed by atoms with Gasteiger partial charge >= 0.3 is 12.1 Å². The molecule has 0 heterocycles. The summed E-state index contributed by atoms with van der Waals surface area (Å²) in [4.78, 5) is 10.5. The summed E-state index contributed by atoms with van der Waals surface area (Å²) in [5.74, 6) is -1.93. The first kappa shape index (κ1) is 14.1. The third-order valence-corrected chi connectivity index (χ3v) is 2.23. The first-order valence-electron chi connectivity index (χ1n) is 5.25. The van der Waals surface area contributed by atoms with Crippen LogP contribution < -0.4 is 16.4 Å². The number of nitrogens with two attached hydrogens (primary N) is 1. The van der Waals surface area contributed by atoms with Gasteiger partial charge in [0.15, 0.2) is 0 Å². The van der Waals surface area contributed by atoms with Crippen LogP contribution in [0.2, 0.25) is 0 Å². The minimum Gasteiger partial charge on any atom is -0.399 e. The first-order valence-corrected chi connectivity index (χ1v) is 5.25. The second-order valence-corrected chi connectivity index (χ2v) is 3.75. The van der Waals surface area contributed by atoms with Gasteiger partial charge in [-0.05, 0) is 30.7 Å². The van der Waals surface area contributed by atoms with Gasteiger partial charge in [-0.3, -0.25) is 4.79 Å². The van der Waals surface area contributed by atoms with Crippen LogP contribution in [0.3, 0.4) is 0 Å². The van der Waals surface area contributed by atoms with Crippen LogP contribution in [0.25, 0.3) is 0 Å². The third-order valence-electron chi connectivity index (χ3n) is 2.23. The number of aryl methyl sites for hydroxylation is 1. The Morgan fingerprint density at radius 3 is 2.56 bits per heavy atom. The highest BCUT2D eigenvalue weighted by Crippen LogP contribution is 2.17. The number of nitrogen functional groups attached to an aromatic ring is 1. The van der Waals surface area contributed by atoms with E-state index in [1.54, 1.807) is 23.5 Å². The molecule has 0 spiro atoms. The standard InChI is InChI=1S/C11H14F3N3O/c1-7-6-8(15)2-3-9(7)16-4-5-17-10(18)11(12,13)14/h2-3,6,16H,4-5,15H2,1H3,(H,17,18). The Labute approximate surface area is 102 Å². The molecule has 0 aliphatic carbocycles. The maximum Gasteiger partial charge on any atom is 0.471 e. The zero-order valence-corrected chi connectivity index (χ0v) is 9.77. The van der Waals surface area contributed by atoms with Gasteiger partial charge < -0.3 is 16.4 Å². The molecule has 4 nitrogen and oxygen atoms in total. The molecule has 0 aliphatic rings. The van der Waals surface area contributed by atoms with E-state index in [0.29, 0.717) is 5.69 Å². The lowest BCUT2D eigenvalue weighted by Gasteiger charge is -2.11. The number of alkyl halides is 3. The van der Waals surface area contributed by atoms with Gasteiger partial charge in [0.2, 0.25) is 0 Å². The number of rotatable bonds is 4. The molecule has 0 atom stereocenters. The topological polar surface area (TPSA) is 67.2 Å². The molecule has 0 bridgehead atoms. The largest absolute Gasteiger partial charge is 0.471 e. The minimum absolute atomic E-state index is 0.109. The van der Waals surface area contributed by atoms with Crippen LogP contribution in [0.4, 0.5) is 24.5 Å². The molecular weight excluding hydrogens is 247 g/mol. The van der Waals surface area contributed by atoms with Crippen LogP contribution in [0.15, 0.2) is 18.2 Å². The molecule has 1 amide bonds. The number of halogens is 3. The molecule has 1 aromatic carbocycles. The average Bonchev–Trinajstić information content (AvgIpc) is 2.25. The molecular formula is C11H14F3N3O. The number of amides is 1. The van der Waals surface area contributed by atoms with Crippen molar-refractivity contribution in [3.8, 4) is 0 Å². The van der Waals surface area contributed by atoms with E-state index < -0.39 is 12.1 Å². The summed E-state index contributed by atoms with van der Waals surface area (Å²) in [6.45, 7) is 1.92. The quantitative estimate of drug-likeness (QED) is 0.570. The molecule has 0 unspecified atom stereocenters. The maximum absolute atomic E-state index is 11.9. The van der Waals surface area contributed by atoms with Crippen molar-refractivity contribution in [1.82, 2.24) is 5.32 Å². The number of benzene rings is 1. The number of carbonyl (C=O) groups is 1. The molecule has 18 heavy (non-hydrogen) atoms. The van der Waals surface area contributed by atoms with Crippen molar-refractivity contribution >= 4 is 17.3 Å². The van der Waals surface area contributed by atoms with Crippen molar-refractivity contribution in [2.24, 2.45) is 0 Å². The molecule has 0 saturated heterocycles. The Hall–Kier alpha value is -1.92. The fraction of sp³-hybridized carbons (Fsp3) is 0.364. The van der Waals surface area contributed by atoms with Crippen LogP contribution in [0.1, 0.15) is 5.56 Å². The van der Waals surface area contributed by atoms with Gasteiger partial charge in [0.05, 0.1) is 0 Å². The summed E-state index contributed by atoms with van der Waals surface area (Å²) in [5.41, 5.74) is 7.83. The van der Waals surface area contributed by atoms with E-state index in [1.165, 1.54) is 0 Å². The van der Waals surface area contributed by atoms with Crippen molar-refractivity contribution in [2.45, 2.75) is 13.1 Å². The highest BCUT2D eigenvalue weighted by atomic mass is 19.4. The van der Waals surface area contributed by atoms with E-state index >= 15 is 0 Å².